The van der Waals surface area contributed by atoms with Gasteiger partial charge in [-0.05, 0) is 48.9 Å². The van der Waals surface area contributed by atoms with Crippen LogP contribution in [0.3, 0.4) is 0 Å². The maximum atomic E-state index is 13.6. The van der Waals surface area contributed by atoms with Crippen molar-refractivity contribution in [1.82, 2.24) is 14.7 Å². The van der Waals surface area contributed by atoms with E-state index in [0.29, 0.717) is 10.7 Å². The summed E-state index contributed by atoms with van der Waals surface area (Å²) in [5.74, 6) is -0.711. The monoisotopic (exact) mass is 469 g/mol. The van der Waals surface area contributed by atoms with E-state index in [9.17, 15) is 18.3 Å². The summed E-state index contributed by atoms with van der Waals surface area (Å²) in [6, 6.07) is 11.4. The van der Waals surface area contributed by atoms with Gasteiger partial charge >= 0.3 is 6.03 Å². The van der Waals surface area contributed by atoms with Gasteiger partial charge in [0.25, 0.3) is 10.0 Å². The largest absolute Gasteiger partial charge is 0.506 e. The number of phenols is 1. The normalized spacial score (nSPS) is 20.6. The van der Waals surface area contributed by atoms with Crippen molar-refractivity contribution in [3.63, 3.8) is 0 Å². The van der Waals surface area contributed by atoms with E-state index in [4.69, 9.17) is 11.6 Å². The number of sulfonamides is 1. The summed E-state index contributed by atoms with van der Waals surface area (Å²) in [5.41, 5.74) is 1.37. The summed E-state index contributed by atoms with van der Waals surface area (Å²) in [7, 11) is -4.26. The first-order chi connectivity index (χ1) is 15.3. The molecule has 11 heteroatoms. The van der Waals surface area contributed by atoms with Crippen LogP contribution in [0.25, 0.3) is 10.9 Å². The van der Waals surface area contributed by atoms with Gasteiger partial charge in [-0.3, -0.25) is 4.98 Å². The van der Waals surface area contributed by atoms with Crippen molar-refractivity contribution in [3.05, 3.63) is 65.3 Å². The minimum atomic E-state index is -4.26. The molecule has 162 valence electrons. The van der Waals surface area contributed by atoms with E-state index in [2.05, 4.69) is 20.4 Å². The van der Waals surface area contributed by atoms with Crippen LogP contribution in [-0.2, 0) is 10.0 Å². The molecule has 2 aliphatic rings. The Bertz CT molecular complexity index is 1440. The fourth-order valence-corrected chi connectivity index (χ4v) is 5.62. The number of phenolic OH excluding ortho intramolecular Hbond substituents is 1. The quantitative estimate of drug-likeness (QED) is 0.607. The number of hydrogen-bond donors (Lipinski definition) is 2. The lowest BCUT2D eigenvalue weighted by Crippen LogP contribution is -2.46. The lowest BCUT2D eigenvalue weighted by Gasteiger charge is -2.30. The number of benzene rings is 2. The average Bonchev–Trinajstić information content (AvgIpc) is 3.11. The summed E-state index contributed by atoms with van der Waals surface area (Å²) >= 11 is 5.98. The second kappa shape index (κ2) is 7.28. The molecule has 2 aromatic carbocycles. The number of halogens is 1. The molecular weight excluding hydrogens is 454 g/mol. The molecule has 1 aromatic heterocycles. The highest BCUT2D eigenvalue weighted by Gasteiger charge is 2.47. The van der Waals surface area contributed by atoms with E-state index in [1.807, 2.05) is 0 Å². The molecule has 0 fully saturated rings. The lowest BCUT2D eigenvalue weighted by molar-refractivity contribution is 0.242. The van der Waals surface area contributed by atoms with Gasteiger partial charge in [-0.2, -0.15) is 18.5 Å². The van der Waals surface area contributed by atoms with Crippen molar-refractivity contribution in [2.24, 2.45) is 16.0 Å². The number of aromatic nitrogens is 1. The molecule has 2 aliphatic heterocycles. The summed E-state index contributed by atoms with van der Waals surface area (Å²) in [5, 5.41) is 17.9. The van der Waals surface area contributed by atoms with E-state index < -0.39 is 28.0 Å². The number of carbonyl (C=O) groups is 1. The molecule has 2 unspecified atom stereocenters. The van der Waals surface area contributed by atoms with Crippen LogP contribution < -0.4 is 5.32 Å². The molecule has 0 saturated heterocycles. The zero-order valence-electron chi connectivity index (χ0n) is 16.6. The number of urea groups is 1. The summed E-state index contributed by atoms with van der Waals surface area (Å²) in [4.78, 5) is 20.3. The molecule has 2 atom stereocenters. The highest BCUT2D eigenvalue weighted by molar-refractivity contribution is 7.90. The Labute approximate surface area is 188 Å². The summed E-state index contributed by atoms with van der Waals surface area (Å²) in [6.45, 7) is 1.69. The first-order valence-electron chi connectivity index (χ1n) is 9.59. The molecule has 0 saturated carbocycles. The lowest BCUT2D eigenvalue weighted by atomic mass is 9.88. The number of rotatable bonds is 3. The molecule has 2 N–H and O–H groups in total. The third-order valence-electron chi connectivity index (χ3n) is 5.44. The Morgan fingerprint density at radius 2 is 1.88 bits per heavy atom. The number of nitrogens with one attached hydrogen (secondary N) is 1. The number of pyridine rings is 1. The first kappa shape index (κ1) is 20.4. The van der Waals surface area contributed by atoms with E-state index in [1.54, 1.807) is 43.3 Å². The highest BCUT2D eigenvalue weighted by Crippen LogP contribution is 2.38. The zero-order valence-corrected chi connectivity index (χ0v) is 18.2. The van der Waals surface area contributed by atoms with Crippen molar-refractivity contribution >= 4 is 50.1 Å². The topological polar surface area (TPSA) is 124 Å². The summed E-state index contributed by atoms with van der Waals surface area (Å²) in [6.07, 6.45) is 1.46. The minimum absolute atomic E-state index is 0.0105. The van der Waals surface area contributed by atoms with Gasteiger partial charge < -0.3 is 10.4 Å². The Morgan fingerprint density at radius 1 is 1.12 bits per heavy atom. The Kier molecular flexibility index (Phi) is 4.64. The number of amidine groups is 1. The van der Waals surface area contributed by atoms with E-state index in [0.717, 1.165) is 9.98 Å². The van der Waals surface area contributed by atoms with Gasteiger partial charge in [0.1, 0.15) is 11.3 Å². The van der Waals surface area contributed by atoms with Crippen molar-refractivity contribution in [1.29, 1.82) is 0 Å². The fourth-order valence-electron chi connectivity index (χ4n) is 3.99. The molecule has 32 heavy (non-hydrogen) atoms. The average molecular weight is 470 g/mol. The van der Waals surface area contributed by atoms with Crippen LogP contribution in [0.4, 0.5) is 4.79 Å². The first-order valence-corrected chi connectivity index (χ1v) is 11.4. The number of fused-ring (bicyclic) bond motifs is 2. The highest BCUT2D eigenvalue weighted by atomic mass is 35.5. The van der Waals surface area contributed by atoms with Gasteiger partial charge in [0.15, 0.2) is 5.84 Å². The van der Waals surface area contributed by atoms with Gasteiger partial charge in [0, 0.05) is 22.3 Å². The number of hydrogen-bond acceptors (Lipinski definition) is 6. The van der Waals surface area contributed by atoms with Crippen LogP contribution in [0.2, 0.25) is 5.02 Å². The Hall–Kier alpha value is -3.50. The Morgan fingerprint density at radius 3 is 2.62 bits per heavy atom. The molecular formula is C21H16ClN5O4S. The molecule has 9 nitrogen and oxygen atoms in total. The van der Waals surface area contributed by atoms with Crippen LogP contribution >= 0.6 is 11.6 Å². The van der Waals surface area contributed by atoms with Crippen molar-refractivity contribution in [2.75, 3.05) is 0 Å². The van der Waals surface area contributed by atoms with Crippen LogP contribution in [0, 0.1) is 5.92 Å². The molecule has 0 aliphatic carbocycles. The molecule has 0 bridgehead atoms. The maximum Gasteiger partial charge on any atom is 0.343 e. The van der Waals surface area contributed by atoms with Crippen molar-refractivity contribution < 1.29 is 18.3 Å². The third kappa shape index (κ3) is 3.10. The number of nitrogens with zero attached hydrogens (tertiary/aromatic N) is 4. The van der Waals surface area contributed by atoms with E-state index in [-0.39, 0.29) is 27.4 Å². The van der Waals surface area contributed by atoms with Crippen LogP contribution in [0.1, 0.15) is 18.5 Å². The molecule has 0 radical (unpaired) electrons. The number of carbonyl (C=O) groups excluding carboxylic acids is 1. The standard InChI is InChI=1S/C21H16ClN5O4S/c1-11-17-18(12-4-6-13(22)7-5-12)24-21(29)25-20(17)27(26-11)32(30,31)16-9-8-15(28)19-14(16)3-2-10-23-19/h2-10,17-18,28H,1H3,(H,24,29). The van der Waals surface area contributed by atoms with E-state index >= 15 is 0 Å². The maximum absolute atomic E-state index is 13.6. The van der Waals surface area contributed by atoms with Gasteiger partial charge in [-0.15, -0.1) is 4.41 Å². The van der Waals surface area contributed by atoms with Gasteiger partial charge in [0.2, 0.25) is 0 Å². The van der Waals surface area contributed by atoms with Crippen LogP contribution in [0.5, 0.6) is 5.75 Å². The number of aromatic hydroxyl groups is 1. The number of amides is 2. The van der Waals surface area contributed by atoms with Gasteiger partial charge in [-0.25, -0.2) is 4.79 Å². The number of aliphatic imine (C=N–C) groups is 1. The molecule has 5 rings (SSSR count). The number of hydrazone groups is 1. The smallest absolute Gasteiger partial charge is 0.343 e. The molecule has 2 amide bonds. The second-order valence-corrected chi connectivity index (χ2v) is 9.57. The van der Waals surface area contributed by atoms with E-state index in [1.165, 1.54) is 18.3 Å². The van der Waals surface area contributed by atoms with Gasteiger partial charge in [-0.1, -0.05) is 23.7 Å². The van der Waals surface area contributed by atoms with Crippen molar-refractivity contribution in [2.45, 2.75) is 17.9 Å². The molecule has 3 aromatic rings. The predicted molar refractivity (Wildman–Crippen MR) is 119 cm³/mol. The summed E-state index contributed by atoms with van der Waals surface area (Å²) < 4.78 is 28.1. The van der Waals surface area contributed by atoms with Crippen molar-refractivity contribution in [3.8, 4) is 5.75 Å². The Balaban J connectivity index is 1.62. The molecule has 0 spiro atoms. The SMILES string of the molecule is CC1=NN(S(=O)(=O)c2ccc(O)c3ncccc23)C2=NC(=O)NC(c3ccc(Cl)cc3)C12. The molecule has 3 heterocycles. The van der Waals surface area contributed by atoms with Crippen LogP contribution in [0.15, 0.2) is 69.7 Å². The zero-order chi connectivity index (χ0) is 22.6. The van der Waals surface area contributed by atoms with Gasteiger partial charge in [0.05, 0.1) is 16.9 Å². The third-order valence-corrected chi connectivity index (χ3v) is 7.33. The fraction of sp³-hybridized carbons (Fsp3) is 0.143. The van der Waals surface area contributed by atoms with Crippen LogP contribution in [-0.4, -0.2) is 40.5 Å². The minimum Gasteiger partial charge on any atom is -0.506 e. The predicted octanol–water partition coefficient (Wildman–Crippen LogP) is 3.45. The second-order valence-electron chi connectivity index (χ2n) is 7.40.